The average Bonchev–Trinajstić information content (AvgIpc) is 2.46. The molecule has 0 amide bonds. The van der Waals surface area contributed by atoms with Gasteiger partial charge in [0.1, 0.15) is 5.82 Å². The second-order valence-corrected chi connectivity index (χ2v) is 5.33. The molecule has 20 heavy (non-hydrogen) atoms. The Kier molecular flexibility index (Phi) is 4.91. The van der Waals surface area contributed by atoms with Gasteiger partial charge in [-0.05, 0) is 48.6 Å². The highest BCUT2D eigenvalue weighted by atomic mass is 19.1. The Morgan fingerprint density at radius 3 is 2.40 bits per heavy atom. The molecule has 0 radical (unpaired) electrons. The Morgan fingerprint density at radius 2 is 1.80 bits per heavy atom. The third kappa shape index (κ3) is 3.45. The summed E-state index contributed by atoms with van der Waals surface area (Å²) in [4.78, 5) is 0. The SMILES string of the molecule is CCCCc1ccc(-c2cc(C(C)N)ccc2F)cc1. The predicted octanol–water partition coefficient (Wildman–Crippen LogP) is 4.86. The van der Waals surface area contributed by atoms with Crippen LogP contribution < -0.4 is 5.73 Å². The molecule has 1 atom stereocenters. The van der Waals surface area contributed by atoms with Gasteiger partial charge < -0.3 is 5.73 Å². The minimum absolute atomic E-state index is 0.0850. The van der Waals surface area contributed by atoms with Crippen molar-refractivity contribution in [3.8, 4) is 11.1 Å². The van der Waals surface area contributed by atoms with Gasteiger partial charge in [0.05, 0.1) is 0 Å². The largest absolute Gasteiger partial charge is 0.324 e. The first-order valence-corrected chi connectivity index (χ1v) is 7.26. The van der Waals surface area contributed by atoms with Gasteiger partial charge in [-0.15, -0.1) is 0 Å². The lowest BCUT2D eigenvalue weighted by Gasteiger charge is -2.10. The molecule has 2 rings (SSSR count). The summed E-state index contributed by atoms with van der Waals surface area (Å²) < 4.78 is 14.0. The highest BCUT2D eigenvalue weighted by Crippen LogP contribution is 2.26. The first-order chi connectivity index (χ1) is 9.61. The highest BCUT2D eigenvalue weighted by molar-refractivity contribution is 5.65. The molecule has 0 aliphatic heterocycles. The maximum Gasteiger partial charge on any atom is 0.131 e. The van der Waals surface area contributed by atoms with Crippen LogP contribution >= 0.6 is 0 Å². The van der Waals surface area contributed by atoms with Crippen LogP contribution in [0.5, 0.6) is 0 Å². The van der Waals surface area contributed by atoms with Crippen LogP contribution in [-0.4, -0.2) is 0 Å². The number of hydrogen-bond acceptors (Lipinski definition) is 1. The number of benzene rings is 2. The molecule has 1 nitrogen and oxygen atoms in total. The summed E-state index contributed by atoms with van der Waals surface area (Å²) >= 11 is 0. The van der Waals surface area contributed by atoms with Crippen molar-refractivity contribution in [3.63, 3.8) is 0 Å². The van der Waals surface area contributed by atoms with Crippen LogP contribution in [-0.2, 0) is 6.42 Å². The summed E-state index contributed by atoms with van der Waals surface area (Å²) in [6.07, 6.45) is 3.46. The van der Waals surface area contributed by atoms with Crippen molar-refractivity contribution in [2.45, 2.75) is 39.2 Å². The van der Waals surface area contributed by atoms with Gasteiger partial charge in [-0.2, -0.15) is 0 Å². The van der Waals surface area contributed by atoms with Crippen LogP contribution in [0.25, 0.3) is 11.1 Å². The molecule has 2 aromatic carbocycles. The first-order valence-electron chi connectivity index (χ1n) is 7.26. The summed E-state index contributed by atoms with van der Waals surface area (Å²) in [6, 6.07) is 13.2. The van der Waals surface area contributed by atoms with E-state index in [1.54, 1.807) is 6.07 Å². The molecule has 2 heteroatoms. The number of aryl methyl sites for hydroxylation is 1. The van der Waals surface area contributed by atoms with Crippen molar-refractivity contribution in [3.05, 3.63) is 59.4 Å². The Morgan fingerprint density at radius 1 is 1.10 bits per heavy atom. The van der Waals surface area contributed by atoms with Gasteiger partial charge in [0.15, 0.2) is 0 Å². The fourth-order valence-corrected chi connectivity index (χ4v) is 2.28. The van der Waals surface area contributed by atoms with Gasteiger partial charge in [-0.3, -0.25) is 0 Å². The van der Waals surface area contributed by atoms with Crippen LogP contribution in [0.15, 0.2) is 42.5 Å². The van der Waals surface area contributed by atoms with Crippen molar-refractivity contribution in [1.82, 2.24) is 0 Å². The van der Waals surface area contributed by atoms with Gasteiger partial charge in [0, 0.05) is 11.6 Å². The van der Waals surface area contributed by atoms with E-state index in [0.29, 0.717) is 5.56 Å². The molecule has 0 heterocycles. The molecule has 106 valence electrons. The predicted molar refractivity (Wildman–Crippen MR) is 83.1 cm³/mol. The van der Waals surface area contributed by atoms with Crippen LogP contribution in [0.2, 0.25) is 0 Å². The van der Waals surface area contributed by atoms with Gasteiger partial charge in [-0.1, -0.05) is 43.7 Å². The van der Waals surface area contributed by atoms with E-state index in [4.69, 9.17) is 5.73 Å². The molecule has 0 fully saturated rings. The fraction of sp³-hybridized carbons (Fsp3) is 0.333. The Hall–Kier alpha value is -1.67. The van der Waals surface area contributed by atoms with E-state index in [1.807, 2.05) is 25.1 Å². The van der Waals surface area contributed by atoms with E-state index in [1.165, 1.54) is 24.5 Å². The van der Waals surface area contributed by atoms with Crippen molar-refractivity contribution in [1.29, 1.82) is 0 Å². The molecule has 0 aliphatic rings. The number of unbranched alkanes of at least 4 members (excludes halogenated alkanes) is 1. The van der Waals surface area contributed by atoms with Crippen LogP contribution in [0, 0.1) is 5.82 Å². The number of nitrogens with two attached hydrogens (primary N) is 1. The summed E-state index contributed by atoms with van der Waals surface area (Å²) in [5.74, 6) is -0.198. The Labute approximate surface area is 120 Å². The van der Waals surface area contributed by atoms with Crippen molar-refractivity contribution >= 4 is 0 Å². The summed E-state index contributed by atoms with van der Waals surface area (Å²) in [5, 5.41) is 0. The summed E-state index contributed by atoms with van der Waals surface area (Å²) in [7, 11) is 0. The fourth-order valence-electron chi connectivity index (χ4n) is 2.28. The van der Waals surface area contributed by atoms with Gasteiger partial charge in [-0.25, -0.2) is 4.39 Å². The van der Waals surface area contributed by atoms with Crippen LogP contribution in [0.4, 0.5) is 4.39 Å². The van der Waals surface area contributed by atoms with Gasteiger partial charge >= 0.3 is 0 Å². The van der Waals surface area contributed by atoms with E-state index in [9.17, 15) is 4.39 Å². The van der Waals surface area contributed by atoms with Crippen LogP contribution in [0.1, 0.15) is 43.9 Å². The molecule has 0 bridgehead atoms. The Bertz CT molecular complexity index is 558. The third-order valence-electron chi connectivity index (χ3n) is 3.60. The van der Waals surface area contributed by atoms with Gasteiger partial charge in [0.2, 0.25) is 0 Å². The normalized spacial score (nSPS) is 12.4. The van der Waals surface area contributed by atoms with Crippen molar-refractivity contribution < 1.29 is 4.39 Å². The smallest absolute Gasteiger partial charge is 0.131 e. The molecule has 1 unspecified atom stereocenters. The highest BCUT2D eigenvalue weighted by Gasteiger charge is 2.08. The van der Waals surface area contributed by atoms with Crippen molar-refractivity contribution in [2.24, 2.45) is 5.73 Å². The van der Waals surface area contributed by atoms with E-state index in [2.05, 4.69) is 19.1 Å². The molecule has 0 aliphatic carbocycles. The van der Waals surface area contributed by atoms with Crippen LogP contribution in [0.3, 0.4) is 0 Å². The zero-order valence-electron chi connectivity index (χ0n) is 12.2. The molecule has 0 spiro atoms. The number of halogens is 1. The summed E-state index contributed by atoms with van der Waals surface area (Å²) in [6.45, 7) is 4.09. The number of rotatable bonds is 5. The van der Waals surface area contributed by atoms with E-state index in [0.717, 1.165) is 17.5 Å². The number of hydrogen-bond donors (Lipinski definition) is 1. The van der Waals surface area contributed by atoms with Crippen molar-refractivity contribution in [2.75, 3.05) is 0 Å². The molecule has 0 saturated carbocycles. The second-order valence-electron chi connectivity index (χ2n) is 5.33. The maximum absolute atomic E-state index is 14.0. The zero-order chi connectivity index (χ0) is 14.5. The Balaban J connectivity index is 2.29. The van der Waals surface area contributed by atoms with E-state index >= 15 is 0 Å². The first kappa shape index (κ1) is 14.7. The lowest BCUT2D eigenvalue weighted by atomic mass is 9.98. The molecule has 2 aromatic rings. The maximum atomic E-state index is 14.0. The second kappa shape index (κ2) is 6.67. The lowest BCUT2D eigenvalue weighted by Crippen LogP contribution is -2.05. The average molecular weight is 271 g/mol. The summed E-state index contributed by atoms with van der Waals surface area (Å²) in [5.41, 5.74) is 9.66. The standard InChI is InChI=1S/C18H22FN/c1-3-4-5-14-6-8-15(9-7-14)17-12-16(13(2)20)10-11-18(17)19/h6-13H,3-5,20H2,1-2H3. The van der Waals surface area contributed by atoms with E-state index in [-0.39, 0.29) is 11.9 Å². The topological polar surface area (TPSA) is 26.0 Å². The minimum Gasteiger partial charge on any atom is -0.324 e. The monoisotopic (exact) mass is 271 g/mol. The van der Waals surface area contributed by atoms with Gasteiger partial charge in [0.25, 0.3) is 0 Å². The molecule has 2 N–H and O–H groups in total. The molecule has 0 aromatic heterocycles. The molecular formula is C18H22FN. The van der Waals surface area contributed by atoms with E-state index < -0.39 is 0 Å². The molecule has 0 saturated heterocycles. The zero-order valence-corrected chi connectivity index (χ0v) is 12.2. The minimum atomic E-state index is -0.198. The molecular weight excluding hydrogens is 249 g/mol. The quantitative estimate of drug-likeness (QED) is 0.826. The third-order valence-corrected chi connectivity index (χ3v) is 3.60. The lowest BCUT2D eigenvalue weighted by molar-refractivity contribution is 0.629.